The van der Waals surface area contributed by atoms with E-state index in [1.807, 2.05) is 13.8 Å². The summed E-state index contributed by atoms with van der Waals surface area (Å²) in [4.78, 5) is 17.0. The second-order valence-corrected chi connectivity index (χ2v) is 6.86. The first-order chi connectivity index (χ1) is 12.0. The molecule has 0 fully saturated rings. The van der Waals surface area contributed by atoms with E-state index in [9.17, 15) is 9.90 Å². The minimum absolute atomic E-state index is 0.282. The minimum Gasteiger partial charge on any atom is -0.461 e. The molecule has 2 aromatic rings. The maximum atomic E-state index is 12.6. The Hall–Kier alpha value is -1.37. The first-order valence-electron chi connectivity index (χ1n) is 8.36. The highest BCUT2D eigenvalue weighted by molar-refractivity contribution is 9.10. The topological polar surface area (TPSA) is 64.3 Å². The Labute approximate surface area is 161 Å². The molecule has 1 aromatic heterocycles. The molecule has 1 atom stereocenters. The molecule has 0 saturated heterocycles. The summed E-state index contributed by atoms with van der Waals surface area (Å²) in [5.74, 6) is -0.469. The highest BCUT2D eigenvalue weighted by Gasteiger charge is 2.28. The van der Waals surface area contributed by atoms with Gasteiger partial charge >= 0.3 is 5.97 Å². The number of benzene rings is 1. The number of hydrogen-bond donors (Lipinski definition) is 1. The second-order valence-electron chi connectivity index (χ2n) is 5.71. The number of nitrogens with zero attached hydrogens (tertiary/aromatic N) is 2. The van der Waals surface area contributed by atoms with Crippen LogP contribution in [-0.2, 0) is 11.3 Å². The number of halogens is 2. The predicted molar refractivity (Wildman–Crippen MR) is 101 cm³/mol. The van der Waals surface area contributed by atoms with Crippen LogP contribution in [0.25, 0.3) is 0 Å². The predicted octanol–water partition coefficient (Wildman–Crippen LogP) is 4.75. The van der Waals surface area contributed by atoms with Gasteiger partial charge in [0.1, 0.15) is 11.8 Å². The molecule has 5 nitrogen and oxygen atoms in total. The van der Waals surface area contributed by atoms with Gasteiger partial charge in [-0.2, -0.15) is 0 Å². The lowest BCUT2D eigenvalue weighted by molar-refractivity contribution is 0.0480. The zero-order valence-electron chi connectivity index (χ0n) is 14.3. The Balaban J connectivity index is 2.40. The van der Waals surface area contributed by atoms with E-state index in [0.29, 0.717) is 28.5 Å². The van der Waals surface area contributed by atoms with Crippen LogP contribution in [0.4, 0.5) is 0 Å². The van der Waals surface area contributed by atoms with Gasteiger partial charge in [-0.25, -0.2) is 9.78 Å². The van der Waals surface area contributed by atoms with E-state index in [-0.39, 0.29) is 11.4 Å². The fourth-order valence-electron chi connectivity index (χ4n) is 2.46. The Kier molecular flexibility index (Phi) is 7.47. The minimum atomic E-state index is -1.04. The number of unbranched alkanes of at least 4 members (excludes halogenated alkanes) is 1. The van der Waals surface area contributed by atoms with E-state index < -0.39 is 12.1 Å². The monoisotopic (exact) mass is 428 g/mol. The summed E-state index contributed by atoms with van der Waals surface area (Å²) in [6.45, 7) is 4.98. The molecule has 0 aliphatic carbocycles. The van der Waals surface area contributed by atoms with Crippen LogP contribution < -0.4 is 0 Å². The summed E-state index contributed by atoms with van der Waals surface area (Å²) in [6.07, 6.45) is 1.51. The summed E-state index contributed by atoms with van der Waals surface area (Å²) in [5, 5.41) is 11.3. The zero-order valence-corrected chi connectivity index (χ0v) is 16.7. The van der Waals surface area contributed by atoms with Crippen molar-refractivity contribution in [3.05, 3.63) is 51.0 Å². The van der Waals surface area contributed by atoms with E-state index in [1.54, 1.807) is 28.8 Å². The lowest BCUT2D eigenvalue weighted by Crippen LogP contribution is -2.17. The molecule has 25 heavy (non-hydrogen) atoms. The maximum Gasteiger partial charge on any atom is 0.357 e. The number of aliphatic hydroxyl groups excluding tert-OH is 1. The lowest BCUT2D eigenvalue weighted by Gasteiger charge is -2.13. The van der Waals surface area contributed by atoms with Gasteiger partial charge in [0.15, 0.2) is 10.4 Å². The van der Waals surface area contributed by atoms with Crippen LogP contribution in [-0.4, -0.2) is 27.2 Å². The van der Waals surface area contributed by atoms with Crippen molar-refractivity contribution < 1.29 is 14.6 Å². The summed E-state index contributed by atoms with van der Waals surface area (Å²) in [7, 11) is 0. The largest absolute Gasteiger partial charge is 0.461 e. The maximum absolute atomic E-state index is 12.6. The summed E-state index contributed by atoms with van der Waals surface area (Å²) < 4.78 is 7.60. The molecule has 1 aromatic carbocycles. The van der Waals surface area contributed by atoms with Gasteiger partial charge in [0.25, 0.3) is 0 Å². The van der Waals surface area contributed by atoms with E-state index in [2.05, 4.69) is 20.9 Å². The van der Waals surface area contributed by atoms with E-state index in [0.717, 1.165) is 19.3 Å². The molecular weight excluding hydrogens is 408 g/mol. The highest BCUT2D eigenvalue weighted by atomic mass is 79.9. The average molecular weight is 430 g/mol. The molecular formula is C18H22BrClN2O3. The van der Waals surface area contributed by atoms with Crippen LogP contribution in [0.15, 0.2) is 29.0 Å². The number of hydrogen-bond acceptors (Lipinski definition) is 4. The van der Waals surface area contributed by atoms with E-state index >= 15 is 0 Å². The Morgan fingerprint density at radius 2 is 2.00 bits per heavy atom. The number of rotatable bonds is 8. The van der Waals surface area contributed by atoms with Crippen LogP contribution in [0.5, 0.6) is 0 Å². The van der Waals surface area contributed by atoms with Gasteiger partial charge in [0, 0.05) is 11.6 Å². The molecule has 0 aliphatic heterocycles. The smallest absolute Gasteiger partial charge is 0.357 e. The van der Waals surface area contributed by atoms with E-state index in [1.165, 1.54) is 0 Å². The number of carbonyl (C=O) groups excluding carboxylic acids is 1. The van der Waals surface area contributed by atoms with Crippen molar-refractivity contribution in [1.82, 2.24) is 9.55 Å². The molecule has 0 amide bonds. The molecule has 136 valence electrons. The molecule has 0 aliphatic rings. The van der Waals surface area contributed by atoms with Gasteiger partial charge in [-0.05, 0) is 46.5 Å². The van der Waals surface area contributed by atoms with Crippen LogP contribution >= 0.6 is 27.5 Å². The first-order valence-corrected chi connectivity index (χ1v) is 9.53. The third kappa shape index (κ3) is 4.84. The molecule has 1 N–H and O–H groups in total. The molecule has 1 heterocycles. The average Bonchev–Trinajstić information content (AvgIpc) is 2.92. The van der Waals surface area contributed by atoms with Crippen molar-refractivity contribution >= 4 is 33.5 Å². The van der Waals surface area contributed by atoms with Gasteiger partial charge < -0.3 is 14.4 Å². The van der Waals surface area contributed by atoms with Gasteiger partial charge in [-0.3, -0.25) is 0 Å². The van der Waals surface area contributed by atoms with Crippen LogP contribution in [0, 0.1) is 0 Å². The number of aromatic nitrogens is 2. The highest BCUT2D eigenvalue weighted by Crippen LogP contribution is 2.29. The van der Waals surface area contributed by atoms with Gasteiger partial charge in [-0.15, -0.1) is 0 Å². The molecule has 2 rings (SSSR count). The number of imidazole rings is 1. The van der Waals surface area contributed by atoms with Crippen molar-refractivity contribution in [2.75, 3.05) is 6.61 Å². The SMILES string of the molecule is CCCCOC(=O)c1c(C(O)c2ccc(Cl)cc2)nc(Br)n1CCC. The molecule has 7 heteroatoms. The fraction of sp³-hybridized carbons (Fsp3) is 0.444. The first kappa shape index (κ1) is 19.9. The molecule has 0 spiro atoms. The lowest BCUT2D eigenvalue weighted by atomic mass is 10.1. The summed E-state index contributed by atoms with van der Waals surface area (Å²) >= 11 is 9.29. The molecule has 0 saturated carbocycles. The Morgan fingerprint density at radius 1 is 1.32 bits per heavy atom. The molecule has 0 bridgehead atoms. The van der Waals surface area contributed by atoms with Crippen molar-refractivity contribution in [3.8, 4) is 0 Å². The fourth-order valence-corrected chi connectivity index (χ4v) is 3.13. The van der Waals surface area contributed by atoms with Crippen molar-refractivity contribution in [2.24, 2.45) is 0 Å². The van der Waals surface area contributed by atoms with Crippen LogP contribution in [0.3, 0.4) is 0 Å². The van der Waals surface area contributed by atoms with Gasteiger partial charge in [-0.1, -0.05) is 44.0 Å². The van der Waals surface area contributed by atoms with Gasteiger partial charge in [0.05, 0.1) is 6.61 Å². The van der Waals surface area contributed by atoms with Crippen molar-refractivity contribution in [1.29, 1.82) is 0 Å². The number of carbonyl (C=O) groups is 1. The third-order valence-corrected chi connectivity index (χ3v) is 4.62. The Morgan fingerprint density at radius 3 is 2.60 bits per heavy atom. The van der Waals surface area contributed by atoms with E-state index in [4.69, 9.17) is 16.3 Å². The molecule has 0 radical (unpaired) electrons. The third-order valence-electron chi connectivity index (χ3n) is 3.76. The van der Waals surface area contributed by atoms with Crippen molar-refractivity contribution in [3.63, 3.8) is 0 Å². The summed E-state index contributed by atoms with van der Waals surface area (Å²) in [5.41, 5.74) is 1.18. The molecule has 1 unspecified atom stereocenters. The normalized spacial score (nSPS) is 12.2. The standard InChI is InChI=1S/C18H22BrClN2O3/c1-3-5-11-25-17(24)15-14(21-18(19)22(15)10-4-2)16(23)12-6-8-13(20)9-7-12/h6-9,16,23H,3-5,10-11H2,1-2H3. The van der Waals surface area contributed by atoms with Crippen molar-refractivity contribution in [2.45, 2.75) is 45.8 Å². The Bertz CT molecular complexity index is 716. The quantitative estimate of drug-likeness (QED) is 0.486. The number of ether oxygens (including phenoxy) is 1. The number of esters is 1. The summed E-state index contributed by atoms with van der Waals surface area (Å²) in [6, 6.07) is 6.81. The van der Waals surface area contributed by atoms with Gasteiger partial charge in [0.2, 0.25) is 0 Å². The number of aliphatic hydroxyl groups is 1. The zero-order chi connectivity index (χ0) is 18.4. The van der Waals surface area contributed by atoms with Crippen LogP contribution in [0.1, 0.15) is 61.0 Å². The second kappa shape index (κ2) is 9.36. The van der Waals surface area contributed by atoms with Crippen LogP contribution in [0.2, 0.25) is 5.02 Å².